The van der Waals surface area contributed by atoms with Crippen molar-refractivity contribution in [2.45, 2.75) is 72.2 Å². The molecule has 1 saturated heterocycles. The third kappa shape index (κ3) is 4.59. The average molecular weight is 472 g/mol. The van der Waals surface area contributed by atoms with Gasteiger partial charge in [0.05, 0.1) is 24.4 Å². The fraction of sp³-hybridized carbons (Fsp3) is 0.583. The highest BCUT2D eigenvalue weighted by Gasteiger charge is 2.31. The Bertz CT molecular complexity index is 1210. The minimum Gasteiger partial charge on any atom is -0.492 e. The second kappa shape index (κ2) is 9.25. The standard InChI is InChI=1S/C24H33N5O5/c1-13(2)10-28-22-18(8-9-19(30)27-11-15(4)34-12-14(27)3)16(5)26-29(22)24(33)20(23(28)32)21(31)25-17-6-7-17/h8-9,13-15,17,33H,6-7,10-12H2,1-5H3,(H,25,31)/b9-8+/t14-,15-/m1/s1. The van der Waals surface area contributed by atoms with E-state index in [1.165, 1.54) is 15.2 Å². The molecule has 10 heteroatoms. The Balaban J connectivity index is 1.79. The lowest BCUT2D eigenvalue weighted by Gasteiger charge is -2.36. The van der Waals surface area contributed by atoms with Crippen molar-refractivity contribution in [3.63, 3.8) is 0 Å². The Kier molecular flexibility index (Phi) is 6.53. The SMILES string of the molecule is Cc1nn2c(O)c(C(=O)NC3CC3)c(=O)n(CC(C)C)c2c1/C=C/C(=O)N1C[C@@H](C)OC[C@H]1C. The second-order valence-corrected chi connectivity index (χ2v) is 9.81. The summed E-state index contributed by atoms with van der Waals surface area (Å²) in [6.07, 6.45) is 4.78. The van der Waals surface area contributed by atoms with E-state index in [9.17, 15) is 19.5 Å². The molecular formula is C24H33N5O5. The lowest BCUT2D eigenvalue weighted by molar-refractivity contribution is -0.137. The van der Waals surface area contributed by atoms with E-state index in [-0.39, 0.29) is 35.6 Å². The van der Waals surface area contributed by atoms with Gasteiger partial charge in [-0.1, -0.05) is 13.8 Å². The molecular weight excluding hydrogens is 438 g/mol. The van der Waals surface area contributed by atoms with Crippen LogP contribution in [0, 0.1) is 12.8 Å². The third-order valence-corrected chi connectivity index (χ3v) is 6.19. The van der Waals surface area contributed by atoms with E-state index in [1.54, 1.807) is 17.9 Å². The molecule has 184 valence electrons. The number of hydrogen-bond donors (Lipinski definition) is 2. The summed E-state index contributed by atoms with van der Waals surface area (Å²) < 4.78 is 8.30. The number of aryl methyl sites for hydroxylation is 1. The smallest absolute Gasteiger partial charge is 0.270 e. The van der Waals surface area contributed by atoms with Gasteiger partial charge in [0.15, 0.2) is 5.56 Å². The Morgan fingerprint density at radius 3 is 2.65 bits per heavy atom. The van der Waals surface area contributed by atoms with E-state index in [0.29, 0.717) is 36.6 Å². The fourth-order valence-electron chi connectivity index (χ4n) is 4.24. The van der Waals surface area contributed by atoms with E-state index in [4.69, 9.17) is 4.74 Å². The molecule has 1 saturated carbocycles. The van der Waals surface area contributed by atoms with Crippen molar-refractivity contribution in [1.29, 1.82) is 0 Å². The van der Waals surface area contributed by atoms with Crippen LogP contribution in [0.15, 0.2) is 10.9 Å². The highest BCUT2D eigenvalue weighted by atomic mass is 16.5. The van der Waals surface area contributed by atoms with Gasteiger partial charge < -0.3 is 20.1 Å². The van der Waals surface area contributed by atoms with Crippen LogP contribution < -0.4 is 10.9 Å². The van der Waals surface area contributed by atoms with Crippen molar-refractivity contribution in [3.8, 4) is 5.88 Å². The zero-order chi connectivity index (χ0) is 24.7. The van der Waals surface area contributed by atoms with Gasteiger partial charge in [-0.3, -0.25) is 19.0 Å². The number of aromatic hydroxyl groups is 1. The zero-order valence-corrected chi connectivity index (χ0v) is 20.4. The van der Waals surface area contributed by atoms with Crippen LogP contribution in [0.3, 0.4) is 0 Å². The largest absolute Gasteiger partial charge is 0.492 e. The van der Waals surface area contributed by atoms with E-state index in [0.717, 1.165) is 12.8 Å². The summed E-state index contributed by atoms with van der Waals surface area (Å²) in [5.74, 6) is -1.17. The van der Waals surface area contributed by atoms with Gasteiger partial charge in [-0.05, 0) is 45.6 Å². The summed E-state index contributed by atoms with van der Waals surface area (Å²) >= 11 is 0. The number of carbonyl (C=O) groups excluding carboxylic acids is 2. The number of ether oxygens (including phenoxy) is 1. The zero-order valence-electron chi connectivity index (χ0n) is 20.4. The first-order valence-corrected chi connectivity index (χ1v) is 11.8. The van der Waals surface area contributed by atoms with Gasteiger partial charge in [0.2, 0.25) is 11.8 Å². The van der Waals surface area contributed by atoms with Gasteiger partial charge in [-0.15, -0.1) is 0 Å². The lowest BCUT2D eigenvalue weighted by atomic mass is 10.1. The Labute approximate surface area is 198 Å². The van der Waals surface area contributed by atoms with Crippen LogP contribution in [0.4, 0.5) is 0 Å². The van der Waals surface area contributed by atoms with Gasteiger partial charge in [-0.25, -0.2) is 0 Å². The molecule has 1 aliphatic carbocycles. The summed E-state index contributed by atoms with van der Waals surface area (Å²) in [5.41, 5.74) is 0.534. The number of hydrogen-bond acceptors (Lipinski definition) is 6. The molecule has 3 heterocycles. The van der Waals surface area contributed by atoms with Crippen LogP contribution in [0.1, 0.15) is 62.2 Å². The van der Waals surface area contributed by atoms with Crippen LogP contribution in [0.2, 0.25) is 0 Å². The number of nitrogens with zero attached hydrogens (tertiary/aromatic N) is 4. The minimum atomic E-state index is -0.597. The molecule has 2 aromatic rings. The summed E-state index contributed by atoms with van der Waals surface area (Å²) in [5, 5.41) is 18.1. The monoisotopic (exact) mass is 471 g/mol. The molecule has 10 nitrogen and oxygen atoms in total. The molecule has 2 aliphatic rings. The molecule has 0 spiro atoms. The van der Waals surface area contributed by atoms with E-state index >= 15 is 0 Å². The van der Waals surface area contributed by atoms with Gasteiger partial charge in [0, 0.05) is 30.8 Å². The molecule has 0 bridgehead atoms. The molecule has 0 unspecified atom stereocenters. The highest BCUT2D eigenvalue weighted by Crippen LogP contribution is 2.25. The van der Waals surface area contributed by atoms with Gasteiger partial charge in [0.1, 0.15) is 5.65 Å². The molecule has 2 atom stereocenters. The summed E-state index contributed by atoms with van der Waals surface area (Å²) in [6, 6.07) is -0.0104. The number of amides is 2. The number of morpholine rings is 1. The average Bonchev–Trinajstić information content (AvgIpc) is 3.51. The quantitative estimate of drug-likeness (QED) is 0.620. The number of carbonyl (C=O) groups is 2. The molecule has 4 rings (SSSR count). The van der Waals surface area contributed by atoms with Crippen LogP contribution >= 0.6 is 0 Å². The second-order valence-electron chi connectivity index (χ2n) is 9.81. The number of rotatable bonds is 6. The number of nitrogens with one attached hydrogen (secondary N) is 1. The van der Waals surface area contributed by atoms with Crippen LogP contribution in [0.25, 0.3) is 11.7 Å². The molecule has 0 aromatic carbocycles. The molecule has 1 aliphatic heterocycles. The molecule has 34 heavy (non-hydrogen) atoms. The van der Waals surface area contributed by atoms with Crippen LogP contribution in [-0.2, 0) is 16.1 Å². The van der Waals surface area contributed by atoms with Crippen LogP contribution in [-0.4, -0.2) is 67.3 Å². The molecule has 2 N–H and O–H groups in total. The predicted octanol–water partition coefficient (Wildman–Crippen LogP) is 1.71. The van der Waals surface area contributed by atoms with Gasteiger partial charge in [0.25, 0.3) is 11.5 Å². The maximum absolute atomic E-state index is 13.4. The molecule has 0 radical (unpaired) electrons. The van der Waals surface area contributed by atoms with E-state index in [2.05, 4.69) is 10.4 Å². The van der Waals surface area contributed by atoms with Crippen molar-refractivity contribution >= 4 is 23.5 Å². The van der Waals surface area contributed by atoms with Crippen molar-refractivity contribution in [2.75, 3.05) is 13.2 Å². The first kappa shape index (κ1) is 24.0. The van der Waals surface area contributed by atoms with Crippen molar-refractivity contribution in [1.82, 2.24) is 24.4 Å². The summed E-state index contributed by atoms with van der Waals surface area (Å²) in [7, 11) is 0. The first-order valence-electron chi connectivity index (χ1n) is 11.8. The van der Waals surface area contributed by atoms with Crippen molar-refractivity contribution in [3.05, 3.63) is 33.3 Å². The Hall–Kier alpha value is -3.14. The third-order valence-electron chi connectivity index (χ3n) is 6.19. The van der Waals surface area contributed by atoms with Crippen molar-refractivity contribution < 1.29 is 19.4 Å². The Morgan fingerprint density at radius 2 is 2.00 bits per heavy atom. The predicted molar refractivity (Wildman–Crippen MR) is 127 cm³/mol. The molecule has 2 amide bonds. The number of fused-ring (bicyclic) bond motifs is 1. The normalized spacial score (nSPS) is 21.1. The van der Waals surface area contributed by atoms with Crippen LogP contribution in [0.5, 0.6) is 5.88 Å². The summed E-state index contributed by atoms with van der Waals surface area (Å²) in [6.45, 7) is 10.8. The minimum absolute atomic E-state index is 0.0368. The van der Waals surface area contributed by atoms with E-state index in [1.807, 2.05) is 27.7 Å². The lowest BCUT2D eigenvalue weighted by Crippen LogP contribution is -2.49. The topological polar surface area (TPSA) is 118 Å². The fourth-order valence-corrected chi connectivity index (χ4v) is 4.24. The highest BCUT2D eigenvalue weighted by molar-refractivity contribution is 5.97. The van der Waals surface area contributed by atoms with Crippen molar-refractivity contribution in [2.24, 2.45) is 5.92 Å². The first-order chi connectivity index (χ1) is 16.1. The Morgan fingerprint density at radius 1 is 1.29 bits per heavy atom. The maximum atomic E-state index is 13.4. The number of aromatic nitrogens is 3. The maximum Gasteiger partial charge on any atom is 0.270 e. The van der Waals surface area contributed by atoms with E-state index < -0.39 is 17.3 Å². The molecule has 2 aromatic heterocycles. The summed E-state index contributed by atoms with van der Waals surface area (Å²) in [4.78, 5) is 40.8. The van der Waals surface area contributed by atoms with Gasteiger partial charge >= 0.3 is 0 Å². The van der Waals surface area contributed by atoms with Gasteiger partial charge in [-0.2, -0.15) is 9.61 Å². The molecule has 2 fully saturated rings.